The monoisotopic (exact) mass is 361 g/mol. The van der Waals surface area contributed by atoms with Gasteiger partial charge in [-0.15, -0.1) is 0 Å². The number of nitriles is 1. The summed E-state index contributed by atoms with van der Waals surface area (Å²) in [7, 11) is 1.57. The second kappa shape index (κ2) is 7.38. The number of amidine groups is 1. The number of nitrogens with two attached hydrogens (primary N) is 1. The SMILES string of the molecule is CN=C(N)c1ccc(-c2ccc(C)cc2F)c(-c2ccc(C#N)c(F)c2)c1. The summed E-state index contributed by atoms with van der Waals surface area (Å²) in [5.74, 6) is -0.676. The molecule has 0 aliphatic carbocycles. The van der Waals surface area contributed by atoms with Crippen molar-refractivity contribution in [1.82, 2.24) is 0 Å². The van der Waals surface area contributed by atoms with Crippen molar-refractivity contribution in [2.75, 3.05) is 7.05 Å². The van der Waals surface area contributed by atoms with Crippen LogP contribution in [0, 0.1) is 29.9 Å². The molecule has 0 saturated carbocycles. The van der Waals surface area contributed by atoms with Crippen molar-refractivity contribution in [3.8, 4) is 28.3 Å². The van der Waals surface area contributed by atoms with Crippen LogP contribution in [0.2, 0.25) is 0 Å². The Morgan fingerprint density at radius 2 is 1.67 bits per heavy atom. The predicted octanol–water partition coefficient (Wildman–Crippen LogP) is 4.81. The maximum Gasteiger partial charge on any atom is 0.141 e. The molecule has 0 atom stereocenters. The largest absolute Gasteiger partial charge is 0.384 e. The number of hydrogen-bond acceptors (Lipinski definition) is 2. The third-order valence-corrected chi connectivity index (χ3v) is 4.37. The highest BCUT2D eigenvalue weighted by molar-refractivity contribution is 6.00. The van der Waals surface area contributed by atoms with Gasteiger partial charge in [0, 0.05) is 18.2 Å². The zero-order valence-corrected chi connectivity index (χ0v) is 14.9. The molecule has 0 radical (unpaired) electrons. The Labute approximate surface area is 156 Å². The molecule has 0 spiro atoms. The highest BCUT2D eigenvalue weighted by atomic mass is 19.1. The van der Waals surface area contributed by atoms with Crippen molar-refractivity contribution in [2.24, 2.45) is 10.7 Å². The molecule has 3 nitrogen and oxygen atoms in total. The van der Waals surface area contributed by atoms with Gasteiger partial charge in [0.2, 0.25) is 0 Å². The minimum Gasteiger partial charge on any atom is -0.384 e. The molecule has 0 unspecified atom stereocenters. The maximum absolute atomic E-state index is 14.6. The van der Waals surface area contributed by atoms with Gasteiger partial charge in [0.05, 0.1) is 5.56 Å². The van der Waals surface area contributed by atoms with E-state index in [9.17, 15) is 8.78 Å². The summed E-state index contributed by atoms with van der Waals surface area (Å²) >= 11 is 0. The van der Waals surface area contributed by atoms with E-state index < -0.39 is 5.82 Å². The van der Waals surface area contributed by atoms with Crippen LogP contribution >= 0.6 is 0 Å². The quantitative estimate of drug-likeness (QED) is 0.537. The number of aliphatic imine (C=N–C) groups is 1. The smallest absolute Gasteiger partial charge is 0.141 e. The van der Waals surface area contributed by atoms with Crippen LogP contribution in [0.25, 0.3) is 22.3 Å². The van der Waals surface area contributed by atoms with Crippen LogP contribution in [0.3, 0.4) is 0 Å². The highest BCUT2D eigenvalue weighted by Crippen LogP contribution is 2.35. The van der Waals surface area contributed by atoms with Crippen molar-refractivity contribution in [3.63, 3.8) is 0 Å². The Morgan fingerprint density at radius 1 is 0.926 bits per heavy atom. The van der Waals surface area contributed by atoms with E-state index in [1.165, 1.54) is 18.2 Å². The molecule has 0 bridgehead atoms. The van der Waals surface area contributed by atoms with Gasteiger partial charge >= 0.3 is 0 Å². The molecule has 3 aromatic rings. The van der Waals surface area contributed by atoms with Crippen molar-refractivity contribution in [3.05, 3.63) is 82.9 Å². The first-order chi connectivity index (χ1) is 12.9. The van der Waals surface area contributed by atoms with E-state index >= 15 is 0 Å². The molecule has 3 rings (SSSR count). The van der Waals surface area contributed by atoms with Gasteiger partial charge in [-0.25, -0.2) is 8.78 Å². The fourth-order valence-electron chi connectivity index (χ4n) is 2.92. The van der Waals surface area contributed by atoms with Gasteiger partial charge in [0.25, 0.3) is 0 Å². The molecule has 0 fully saturated rings. The van der Waals surface area contributed by atoms with E-state index in [-0.39, 0.29) is 11.4 Å². The van der Waals surface area contributed by atoms with Crippen molar-refractivity contribution < 1.29 is 8.78 Å². The average molecular weight is 361 g/mol. The van der Waals surface area contributed by atoms with Gasteiger partial charge < -0.3 is 5.73 Å². The molecule has 0 saturated heterocycles. The van der Waals surface area contributed by atoms with Gasteiger partial charge in [-0.3, -0.25) is 4.99 Å². The van der Waals surface area contributed by atoms with Crippen LogP contribution in [0.15, 0.2) is 59.6 Å². The lowest BCUT2D eigenvalue weighted by Gasteiger charge is -2.14. The molecular weight excluding hydrogens is 344 g/mol. The Bertz CT molecular complexity index is 1100. The van der Waals surface area contributed by atoms with E-state index in [4.69, 9.17) is 11.0 Å². The first kappa shape index (κ1) is 18.3. The van der Waals surface area contributed by atoms with Crippen molar-refractivity contribution in [1.29, 1.82) is 5.26 Å². The summed E-state index contributed by atoms with van der Waals surface area (Å²) in [4.78, 5) is 3.97. The molecule has 27 heavy (non-hydrogen) atoms. The van der Waals surface area contributed by atoms with E-state index in [1.807, 2.05) is 13.0 Å². The number of benzene rings is 3. The summed E-state index contributed by atoms with van der Waals surface area (Å²) in [5, 5.41) is 8.95. The first-order valence-corrected chi connectivity index (χ1v) is 8.28. The lowest BCUT2D eigenvalue weighted by atomic mass is 9.91. The summed E-state index contributed by atoms with van der Waals surface area (Å²) < 4.78 is 28.8. The topological polar surface area (TPSA) is 62.2 Å². The molecule has 0 aliphatic rings. The summed E-state index contributed by atoms with van der Waals surface area (Å²) in [6.07, 6.45) is 0. The van der Waals surface area contributed by atoms with Crippen LogP contribution in [0.5, 0.6) is 0 Å². The van der Waals surface area contributed by atoms with Crippen LogP contribution in [-0.2, 0) is 0 Å². The van der Waals surface area contributed by atoms with Gasteiger partial charge in [0.15, 0.2) is 0 Å². The van der Waals surface area contributed by atoms with Crippen LogP contribution in [-0.4, -0.2) is 12.9 Å². The van der Waals surface area contributed by atoms with Crippen molar-refractivity contribution >= 4 is 5.84 Å². The molecular formula is C22H17F2N3. The van der Waals surface area contributed by atoms with Gasteiger partial charge in [-0.1, -0.05) is 30.3 Å². The van der Waals surface area contributed by atoms with Crippen LogP contribution in [0.1, 0.15) is 16.7 Å². The minimum absolute atomic E-state index is 0.0485. The number of hydrogen-bond donors (Lipinski definition) is 1. The standard InChI is InChI=1S/C22H17F2N3/c1-13-3-7-18(21(24)9-13)17-8-6-15(22(26)27-2)10-19(17)14-4-5-16(12-25)20(23)11-14/h3-11H,1-2H3,(H2,26,27). The zero-order chi connectivity index (χ0) is 19.6. The third-order valence-electron chi connectivity index (χ3n) is 4.37. The molecule has 5 heteroatoms. The number of aryl methyl sites for hydroxylation is 1. The predicted molar refractivity (Wildman–Crippen MR) is 103 cm³/mol. The molecule has 3 aromatic carbocycles. The van der Waals surface area contributed by atoms with Gasteiger partial charge in [0.1, 0.15) is 23.5 Å². The van der Waals surface area contributed by atoms with E-state index in [0.29, 0.717) is 33.7 Å². The Balaban J connectivity index is 2.28. The number of nitrogens with zero attached hydrogens (tertiary/aromatic N) is 2. The Hall–Kier alpha value is -3.52. The zero-order valence-electron chi connectivity index (χ0n) is 14.9. The number of halogens is 2. The highest BCUT2D eigenvalue weighted by Gasteiger charge is 2.15. The fraction of sp³-hybridized carbons (Fsp3) is 0.0909. The van der Waals surface area contributed by atoms with Crippen molar-refractivity contribution in [2.45, 2.75) is 6.92 Å². The molecule has 0 aromatic heterocycles. The molecule has 0 amide bonds. The van der Waals surface area contributed by atoms with Crippen LogP contribution < -0.4 is 5.73 Å². The number of rotatable bonds is 3. The average Bonchev–Trinajstić information content (AvgIpc) is 2.67. The summed E-state index contributed by atoms with van der Waals surface area (Å²) in [6.45, 7) is 1.81. The second-order valence-electron chi connectivity index (χ2n) is 6.16. The molecule has 2 N–H and O–H groups in total. The lowest BCUT2D eigenvalue weighted by molar-refractivity contribution is 0.624. The fourth-order valence-corrected chi connectivity index (χ4v) is 2.92. The van der Waals surface area contributed by atoms with E-state index in [0.717, 1.165) is 5.56 Å². The van der Waals surface area contributed by atoms with Crippen LogP contribution in [0.4, 0.5) is 8.78 Å². The lowest BCUT2D eigenvalue weighted by Crippen LogP contribution is -2.13. The Kier molecular flexibility index (Phi) is 5.00. The van der Waals surface area contributed by atoms with E-state index in [1.54, 1.807) is 43.4 Å². The molecule has 0 heterocycles. The maximum atomic E-state index is 14.6. The third kappa shape index (κ3) is 3.56. The van der Waals surface area contributed by atoms with E-state index in [2.05, 4.69) is 4.99 Å². The second-order valence-corrected chi connectivity index (χ2v) is 6.16. The summed E-state index contributed by atoms with van der Waals surface area (Å²) in [6, 6.07) is 16.3. The molecule has 0 aliphatic heterocycles. The first-order valence-electron chi connectivity index (χ1n) is 8.28. The normalized spacial score (nSPS) is 11.3. The Morgan fingerprint density at radius 3 is 2.30 bits per heavy atom. The molecule has 134 valence electrons. The van der Waals surface area contributed by atoms with Gasteiger partial charge in [-0.05, 0) is 53.4 Å². The summed E-state index contributed by atoms with van der Waals surface area (Å²) in [5.41, 5.74) is 9.44. The van der Waals surface area contributed by atoms with Gasteiger partial charge in [-0.2, -0.15) is 5.26 Å². The minimum atomic E-state index is -0.632.